The molecule has 2 heterocycles. The Morgan fingerprint density at radius 3 is 2.56 bits per heavy atom. The number of imidazole rings is 1. The molecular formula is C20H17N3O2. The number of ether oxygens (including phenoxy) is 1. The average molecular weight is 331 g/mol. The van der Waals surface area contributed by atoms with Crippen molar-refractivity contribution in [2.75, 3.05) is 0 Å². The van der Waals surface area contributed by atoms with E-state index in [1.807, 2.05) is 72.3 Å². The summed E-state index contributed by atoms with van der Waals surface area (Å²) in [6, 6.07) is 18.0. The highest BCUT2D eigenvalue weighted by atomic mass is 16.5. The molecule has 5 heteroatoms. The third kappa shape index (κ3) is 3.17. The van der Waals surface area contributed by atoms with Crippen LogP contribution in [0.3, 0.4) is 0 Å². The molecule has 2 aromatic carbocycles. The Bertz CT molecular complexity index is 943. The molecule has 4 rings (SSSR count). The van der Waals surface area contributed by atoms with Crippen molar-refractivity contribution in [1.29, 1.82) is 0 Å². The molecule has 0 aliphatic rings. The summed E-state index contributed by atoms with van der Waals surface area (Å²) in [5, 5.41) is 4.20. The lowest BCUT2D eigenvalue weighted by Crippen LogP contribution is -1.94. The lowest BCUT2D eigenvalue weighted by Gasteiger charge is -2.07. The summed E-state index contributed by atoms with van der Waals surface area (Å²) < 4.78 is 13.1. The minimum absolute atomic E-state index is 0.550. The predicted molar refractivity (Wildman–Crippen MR) is 94.6 cm³/mol. The molecule has 0 unspecified atom stereocenters. The van der Waals surface area contributed by atoms with Crippen molar-refractivity contribution in [3.63, 3.8) is 0 Å². The zero-order valence-corrected chi connectivity index (χ0v) is 13.8. The van der Waals surface area contributed by atoms with Gasteiger partial charge in [0.15, 0.2) is 0 Å². The van der Waals surface area contributed by atoms with Gasteiger partial charge in [-0.1, -0.05) is 35.5 Å². The van der Waals surface area contributed by atoms with Gasteiger partial charge >= 0.3 is 0 Å². The molecule has 0 aliphatic carbocycles. The van der Waals surface area contributed by atoms with E-state index in [9.17, 15) is 0 Å². The smallest absolute Gasteiger partial charge is 0.240 e. The van der Waals surface area contributed by atoms with E-state index in [-0.39, 0.29) is 0 Å². The van der Waals surface area contributed by atoms with Crippen LogP contribution < -0.4 is 4.74 Å². The van der Waals surface area contributed by atoms with Crippen molar-refractivity contribution in [2.45, 2.75) is 13.5 Å². The van der Waals surface area contributed by atoms with E-state index in [0.717, 1.165) is 28.1 Å². The molecule has 0 amide bonds. The number of hydrogen-bond acceptors (Lipinski definition) is 4. The van der Waals surface area contributed by atoms with Crippen LogP contribution in [0.2, 0.25) is 0 Å². The summed E-state index contributed by atoms with van der Waals surface area (Å²) in [6.07, 6.45) is 5.23. The molecule has 0 saturated carbocycles. The number of nitrogens with zero attached hydrogens (tertiary/aromatic N) is 3. The van der Waals surface area contributed by atoms with E-state index >= 15 is 0 Å². The van der Waals surface area contributed by atoms with E-state index in [4.69, 9.17) is 9.26 Å². The van der Waals surface area contributed by atoms with Crippen molar-refractivity contribution in [3.8, 4) is 22.9 Å². The molecule has 0 atom stereocenters. The minimum Gasteiger partial charge on any atom is -0.489 e. The Morgan fingerprint density at radius 1 is 1.04 bits per heavy atom. The molecule has 4 aromatic rings. The SMILES string of the molecule is Cc1c(-c2ccc(OCc3ccccc3)cc2)noc1-n1ccnc1. The first-order valence-corrected chi connectivity index (χ1v) is 8.03. The van der Waals surface area contributed by atoms with E-state index in [1.165, 1.54) is 0 Å². The molecule has 0 bridgehead atoms. The largest absolute Gasteiger partial charge is 0.489 e. The zero-order chi connectivity index (χ0) is 17.1. The van der Waals surface area contributed by atoms with Crippen LogP contribution in [-0.4, -0.2) is 14.7 Å². The zero-order valence-electron chi connectivity index (χ0n) is 13.8. The van der Waals surface area contributed by atoms with Crippen LogP contribution in [0.15, 0.2) is 77.8 Å². The number of aromatic nitrogens is 3. The summed E-state index contributed by atoms with van der Waals surface area (Å²) in [6.45, 7) is 2.54. The van der Waals surface area contributed by atoms with Crippen LogP contribution in [-0.2, 0) is 6.61 Å². The molecule has 124 valence electrons. The summed E-state index contributed by atoms with van der Waals surface area (Å²) in [5.41, 5.74) is 3.91. The molecule has 2 aromatic heterocycles. The topological polar surface area (TPSA) is 53.1 Å². The number of rotatable bonds is 5. The van der Waals surface area contributed by atoms with Gasteiger partial charge in [-0.15, -0.1) is 0 Å². The second-order valence-electron chi connectivity index (χ2n) is 5.73. The number of benzene rings is 2. The molecule has 5 nitrogen and oxygen atoms in total. The quantitative estimate of drug-likeness (QED) is 0.543. The number of hydrogen-bond donors (Lipinski definition) is 0. The van der Waals surface area contributed by atoms with Crippen LogP contribution >= 0.6 is 0 Å². The summed E-state index contributed by atoms with van der Waals surface area (Å²) in [4.78, 5) is 4.04. The van der Waals surface area contributed by atoms with Crippen molar-refractivity contribution in [1.82, 2.24) is 14.7 Å². The van der Waals surface area contributed by atoms with Gasteiger partial charge in [0.25, 0.3) is 0 Å². The maximum absolute atomic E-state index is 5.82. The van der Waals surface area contributed by atoms with Crippen molar-refractivity contribution in [3.05, 3.63) is 84.4 Å². The molecular weight excluding hydrogens is 314 g/mol. The van der Waals surface area contributed by atoms with Gasteiger partial charge in [-0.3, -0.25) is 4.57 Å². The molecule has 0 radical (unpaired) electrons. The normalized spacial score (nSPS) is 10.8. The van der Waals surface area contributed by atoms with Crippen molar-refractivity contribution in [2.24, 2.45) is 0 Å². The second kappa shape index (κ2) is 6.65. The van der Waals surface area contributed by atoms with Crippen LogP contribution in [0.5, 0.6) is 5.75 Å². The van der Waals surface area contributed by atoms with Gasteiger partial charge in [0, 0.05) is 23.5 Å². The Hall–Kier alpha value is -3.34. The third-order valence-corrected chi connectivity index (χ3v) is 4.01. The van der Waals surface area contributed by atoms with Gasteiger partial charge in [-0.2, -0.15) is 0 Å². The fourth-order valence-corrected chi connectivity index (χ4v) is 2.67. The highest BCUT2D eigenvalue weighted by Crippen LogP contribution is 2.28. The lowest BCUT2D eigenvalue weighted by atomic mass is 10.1. The highest BCUT2D eigenvalue weighted by molar-refractivity contribution is 5.65. The lowest BCUT2D eigenvalue weighted by molar-refractivity contribution is 0.306. The molecule has 0 aliphatic heterocycles. The van der Waals surface area contributed by atoms with Gasteiger partial charge in [0.05, 0.1) is 0 Å². The van der Waals surface area contributed by atoms with Gasteiger partial charge in [-0.25, -0.2) is 4.98 Å². The van der Waals surface area contributed by atoms with Gasteiger partial charge < -0.3 is 9.26 Å². The van der Waals surface area contributed by atoms with Crippen LogP contribution in [0, 0.1) is 6.92 Å². The van der Waals surface area contributed by atoms with Crippen LogP contribution in [0.4, 0.5) is 0 Å². The van der Waals surface area contributed by atoms with E-state index in [2.05, 4.69) is 10.1 Å². The fourth-order valence-electron chi connectivity index (χ4n) is 2.67. The second-order valence-corrected chi connectivity index (χ2v) is 5.73. The molecule has 0 N–H and O–H groups in total. The monoisotopic (exact) mass is 331 g/mol. The van der Waals surface area contributed by atoms with E-state index in [0.29, 0.717) is 12.5 Å². The summed E-state index contributed by atoms with van der Waals surface area (Å²) in [5.74, 6) is 1.50. The Kier molecular flexibility index (Phi) is 4.04. The Balaban J connectivity index is 1.51. The molecule has 25 heavy (non-hydrogen) atoms. The summed E-state index contributed by atoms with van der Waals surface area (Å²) in [7, 11) is 0. The molecule has 0 saturated heterocycles. The van der Waals surface area contributed by atoms with Crippen molar-refractivity contribution >= 4 is 0 Å². The summed E-state index contributed by atoms with van der Waals surface area (Å²) >= 11 is 0. The highest BCUT2D eigenvalue weighted by Gasteiger charge is 2.14. The van der Waals surface area contributed by atoms with E-state index < -0.39 is 0 Å². The first-order valence-electron chi connectivity index (χ1n) is 8.03. The van der Waals surface area contributed by atoms with Gasteiger partial charge in [-0.05, 0) is 36.8 Å². The predicted octanol–water partition coefficient (Wildman–Crippen LogP) is 4.41. The Morgan fingerprint density at radius 2 is 1.84 bits per heavy atom. The maximum Gasteiger partial charge on any atom is 0.240 e. The molecule has 0 spiro atoms. The first-order chi connectivity index (χ1) is 12.3. The van der Waals surface area contributed by atoms with E-state index in [1.54, 1.807) is 12.5 Å². The first kappa shape index (κ1) is 15.2. The average Bonchev–Trinajstić information content (AvgIpc) is 3.31. The van der Waals surface area contributed by atoms with Gasteiger partial charge in [0.2, 0.25) is 5.88 Å². The standard InChI is InChI=1S/C20H17N3O2/c1-15-19(22-25-20(15)23-12-11-21-14-23)17-7-9-18(10-8-17)24-13-16-5-3-2-4-6-16/h2-12,14H,13H2,1H3. The van der Waals surface area contributed by atoms with Crippen molar-refractivity contribution < 1.29 is 9.26 Å². The third-order valence-electron chi connectivity index (χ3n) is 4.01. The van der Waals surface area contributed by atoms with Gasteiger partial charge in [0.1, 0.15) is 24.4 Å². The fraction of sp³-hybridized carbons (Fsp3) is 0.100. The molecule has 0 fully saturated rings. The van der Waals surface area contributed by atoms with Crippen LogP contribution in [0.1, 0.15) is 11.1 Å². The maximum atomic E-state index is 5.82. The van der Waals surface area contributed by atoms with Crippen LogP contribution in [0.25, 0.3) is 17.1 Å². The Labute approximate surface area is 145 Å². The minimum atomic E-state index is 0.550.